The topological polar surface area (TPSA) is 299 Å². The number of nitrogens with one attached hydrogen (secondary N) is 6. The number of carbonyl (C=O) groups excluding carboxylic acids is 3. The molecule has 0 radical (unpaired) electrons. The Labute approximate surface area is 426 Å². The van der Waals surface area contributed by atoms with Crippen LogP contribution in [0.25, 0.3) is 22.3 Å². The first-order valence-corrected chi connectivity index (χ1v) is 24.3. The molecule has 2 aliphatic heterocycles. The number of hydrogen-bond donors (Lipinski definition) is 9. The summed E-state index contributed by atoms with van der Waals surface area (Å²) in [7, 11) is 0. The number of nitrogens with zero attached hydrogens (tertiary/aromatic N) is 6. The van der Waals surface area contributed by atoms with Crippen LogP contribution in [0.15, 0.2) is 12.7 Å². The van der Waals surface area contributed by atoms with Gasteiger partial charge in [-0.25, -0.2) is 19.9 Å². The van der Waals surface area contributed by atoms with Crippen LogP contribution in [0.5, 0.6) is 0 Å². The van der Waals surface area contributed by atoms with Gasteiger partial charge in [0.1, 0.15) is 53.4 Å². The molecule has 0 aromatic carbocycles. The molecule has 388 valence electrons. The zero-order chi connectivity index (χ0) is 50.2. The number of rotatable bonds is 23. The van der Waals surface area contributed by atoms with Gasteiger partial charge in [-0.1, -0.05) is 82.0 Å². The van der Waals surface area contributed by atoms with Crippen LogP contribution in [0.1, 0.15) is 106 Å². The molecule has 6 rings (SSSR count). The number of thiocarbonyl (C=S) groups is 2. The van der Waals surface area contributed by atoms with E-state index in [1.165, 1.54) is 33.4 Å². The van der Waals surface area contributed by atoms with Gasteiger partial charge in [0.15, 0.2) is 33.9 Å². The van der Waals surface area contributed by atoms with Crippen LogP contribution in [0.4, 0.5) is 11.9 Å². The van der Waals surface area contributed by atoms with Gasteiger partial charge in [-0.05, 0) is 39.5 Å². The molecule has 9 N–H and O–H groups in total. The van der Waals surface area contributed by atoms with Gasteiger partial charge >= 0.3 is 17.9 Å². The molecule has 8 atom stereocenters. The maximum Gasteiger partial charge on any atom is 0.303 e. The number of aliphatic hydroxyl groups is 3. The smallest absolute Gasteiger partial charge is 0.303 e. The number of aromatic amines is 2. The van der Waals surface area contributed by atoms with Gasteiger partial charge in [-0.3, -0.25) is 23.5 Å². The van der Waals surface area contributed by atoms with Crippen LogP contribution in [-0.4, -0.2) is 158 Å². The first-order chi connectivity index (χ1) is 33.0. The van der Waals surface area contributed by atoms with Crippen LogP contribution < -0.4 is 21.3 Å². The molecule has 4 aromatic heterocycles. The second-order valence-electron chi connectivity index (χ2n) is 16.4. The van der Waals surface area contributed by atoms with E-state index in [9.17, 15) is 29.7 Å². The second-order valence-corrected chi connectivity index (χ2v) is 18.4. The highest BCUT2D eigenvalue weighted by atomic mass is 32.1. The van der Waals surface area contributed by atoms with Crippen LogP contribution in [0, 0.1) is 9.28 Å². The van der Waals surface area contributed by atoms with Gasteiger partial charge < -0.3 is 70.2 Å². The maximum absolute atomic E-state index is 12.0. The van der Waals surface area contributed by atoms with Crippen molar-refractivity contribution in [2.45, 2.75) is 142 Å². The van der Waals surface area contributed by atoms with Gasteiger partial charge in [0.25, 0.3) is 0 Å². The summed E-state index contributed by atoms with van der Waals surface area (Å²) >= 11 is 20.8. The third kappa shape index (κ3) is 16.3. The summed E-state index contributed by atoms with van der Waals surface area (Å²) in [5, 5.41) is 42.4. The number of H-pyrrole nitrogens is 2. The summed E-state index contributed by atoms with van der Waals surface area (Å²) in [5.74, 6) is -0.798. The lowest BCUT2D eigenvalue weighted by atomic mass is 10.1. The Hall–Kier alpha value is -4.87. The number of hydrogen-bond acceptors (Lipinski definition) is 21. The predicted molar refractivity (Wildman–Crippen MR) is 273 cm³/mol. The molecule has 0 aliphatic carbocycles. The van der Waals surface area contributed by atoms with Crippen molar-refractivity contribution in [3.63, 3.8) is 0 Å². The van der Waals surface area contributed by atoms with E-state index in [0.717, 1.165) is 81.0 Å². The highest BCUT2D eigenvalue weighted by molar-refractivity contribution is 7.80. The van der Waals surface area contributed by atoms with E-state index in [4.69, 9.17) is 72.6 Å². The van der Waals surface area contributed by atoms with Crippen LogP contribution in [0.2, 0.25) is 0 Å². The van der Waals surface area contributed by atoms with E-state index < -0.39 is 73.6 Å². The molecule has 0 saturated carbocycles. The molecule has 2 saturated heterocycles. The summed E-state index contributed by atoms with van der Waals surface area (Å²) in [4.78, 5) is 60.5. The fourth-order valence-corrected chi connectivity index (χ4v) is 8.29. The minimum atomic E-state index is -1.21. The SMILES string of the molecule is C.CC(=O)OC[C@H]1O[C@@H](n2cnc3c(=S)nc(NCCCCCCNC(C)=S)[nH]c32)C(OC(C)=O)[C@H]1OC(C)=O.CC(=S)NCCCCCCNc1nc(=S)c2ncn([C@@H]3O[C@H](CO)[C@H](O)C3O)c2[nH]1. The third-order valence-corrected chi connectivity index (χ3v) is 11.7. The normalized spacial score (nSPS) is 21.5. The minimum absolute atomic E-state index is 0. The average molecular weight is 1060 g/mol. The summed E-state index contributed by atoms with van der Waals surface area (Å²) in [5.41, 5.74) is 1.87. The molecule has 70 heavy (non-hydrogen) atoms. The fraction of sp³-hybridized carbons (Fsp3) is 0.651. The number of ether oxygens (including phenoxy) is 5. The van der Waals surface area contributed by atoms with Gasteiger partial charge in [0.2, 0.25) is 11.9 Å². The maximum atomic E-state index is 12.0. The first kappa shape index (κ1) is 57.7. The number of aliphatic hydroxyl groups excluding tert-OH is 3. The van der Waals surface area contributed by atoms with Gasteiger partial charge in [0.05, 0.1) is 29.2 Å². The summed E-state index contributed by atoms with van der Waals surface area (Å²) in [6.07, 6.45) is 3.16. The molecule has 0 amide bonds. The van der Waals surface area contributed by atoms with Crippen molar-refractivity contribution < 1.29 is 53.4 Å². The van der Waals surface area contributed by atoms with Crippen molar-refractivity contribution in [2.24, 2.45) is 0 Å². The monoisotopic (exact) mass is 1050 g/mol. The number of anilines is 2. The van der Waals surface area contributed by atoms with Crippen molar-refractivity contribution in [2.75, 3.05) is 50.0 Å². The van der Waals surface area contributed by atoms with E-state index in [1.54, 1.807) is 9.13 Å². The number of unbranched alkanes of at least 4 members (excludes halogenated alkanes) is 6. The first-order valence-electron chi connectivity index (χ1n) is 22.6. The Bertz CT molecular complexity index is 2500. The molecule has 6 heterocycles. The van der Waals surface area contributed by atoms with E-state index in [-0.39, 0.29) is 18.7 Å². The van der Waals surface area contributed by atoms with E-state index in [0.29, 0.717) is 45.4 Å². The number of esters is 3. The molecule has 2 aliphatic rings. The van der Waals surface area contributed by atoms with Crippen molar-refractivity contribution in [3.8, 4) is 0 Å². The average Bonchev–Trinajstić information content (AvgIpc) is 4.06. The molecule has 23 nitrogen and oxygen atoms in total. The van der Waals surface area contributed by atoms with Crippen LogP contribution >= 0.6 is 48.9 Å². The Kier molecular flexibility index (Phi) is 23.3. The number of imidazole rings is 2. The summed E-state index contributed by atoms with van der Waals surface area (Å²) in [6.45, 7) is 10.0. The Balaban J connectivity index is 0.000000310. The van der Waals surface area contributed by atoms with E-state index in [2.05, 4.69) is 51.2 Å². The fourth-order valence-electron chi connectivity index (χ4n) is 7.60. The number of fused-ring (bicyclic) bond motifs is 2. The van der Waals surface area contributed by atoms with Crippen LogP contribution in [-0.2, 0) is 38.1 Å². The van der Waals surface area contributed by atoms with Crippen molar-refractivity contribution in [1.29, 1.82) is 0 Å². The largest absolute Gasteiger partial charge is 0.463 e. The van der Waals surface area contributed by atoms with Gasteiger partial charge in [0, 0.05) is 47.0 Å². The minimum Gasteiger partial charge on any atom is -0.463 e. The Morgan fingerprint density at radius 2 is 1.10 bits per heavy atom. The van der Waals surface area contributed by atoms with Gasteiger partial charge in [-0.15, -0.1) is 0 Å². The van der Waals surface area contributed by atoms with Gasteiger partial charge in [-0.2, -0.15) is 0 Å². The second kappa shape index (κ2) is 28.2. The Morgan fingerprint density at radius 3 is 1.53 bits per heavy atom. The predicted octanol–water partition coefficient (Wildman–Crippen LogP) is 4.37. The number of carbonyl (C=O) groups is 3. The van der Waals surface area contributed by atoms with E-state index >= 15 is 0 Å². The molecule has 2 fully saturated rings. The Morgan fingerprint density at radius 1 is 0.657 bits per heavy atom. The molecular formula is C43H66N12O11S4. The summed E-state index contributed by atoms with van der Waals surface area (Å²) in [6, 6.07) is 0. The molecule has 0 spiro atoms. The molecule has 4 aromatic rings. The highest BCUT2D eigenvalue weighted by Crippen LogP contribution is 2.36. The van der Waals surface area contributed by atoms with Crippen LogP contribution in [0.3, 0.4) is 0 Å². The third-order valence-electron chi connectivity index (χ3n) is 10.8. The molecule has 27 heteroatoms. The quantitative estimate of drug-likeness (QED) is 0.0216. The lowest BCUT2D eigenvalue weighted by Gasteiger charge is -2.23. The molecule has 0 bridgehead atoms. The van der Waals surface area contributed by atoms with E-state index in [1.807, 2.05) is 13.8 Å². The highest BCUT2D eigenvalue weighted by Gasteiger charge is 2.51. The zero-order valence-electron chi connectivity index (χ0n) is 39.1. The summed E-state index contributed by atoms with van der Waals surface area (Å²) < 4.78 is 31.5. The van der Waals surface area contributed by atoms with Crippen molar-refractivity contribution in [3.05, 3.63) is 21.9 Å². The zero-order valence-corrected chi connectivity index (χ0v) is 42.4. The molecular weight excluding hydrogens is 989 g/mol. The lowest BCUT2D eigenvalue weighted by Crippen LogP contribution is -2.40. The lowest BCUT2D eigenvalue weighted by molar-refractivity contribution is -0.166. The molecule has 2 unspecified atom stereocenters. The van der Waals surface area contributed by atoms with Crippen molar-refractivity contribution in [1.82, 2.24) is 49.7 Å². The standard InChI is InChI=1S/C24H34N6O7S2.C18H28N6O4S2.CH4/c1-13(38)25-9-7-5-6-8-10-26-24-28-21-18(22(39)29-24)27-12-30(21)23-20(36-16(4)33)19(35-15(3)32)17(37-23)11-34-14(2)31;1-10(29)19-6-4-2-3-5-7-20-18-22-15-12(16(30)23-18)21-9-24(15)17-14(27)13(26)11(8-25)28-17;/h12,17,19-20,23H,5-11H2,1-4H3,(H,25,38)(H2,26,28,29,39);9,11,13-14,17,25-27H,2-8H2,1H3,(H,19,29)(H2,20,22,23,30);1H4/t17-,19+,20?,23-;11-,13+,14?,17-;/m11./s1. The number of aromatic nitrogens is 8. The van der Waals surface area contributed by atoms with Crippen molar-refractivity contribution >= 4 is 111 Å².